The lowest BCUT2D eigenvalue weighted by Gasteiger charge is -2.13. The summed E-state index contributed by atoms with van der Waals surface area (Å²) >= 11 is 4.12. The van der Waals surface area contributed by atoms with Crippen molar-refractivity contribution in [3.05, 3.63) is 50.2 Å². The Balaban J connectivity index is 2.09. The van der Waals surface area contributed by atoms with Gasteiger partial charge in [-0.15, -0.1) is 11.3 Å². The van der Waals surface area contributed by atoms with Gasteiger partial charge in [0.25, 0.3) is 0 Å². The van der Waals surface area contributed by atoms with Crippen LogP contribution in [0.3, 0.4) is 0 Å². The Kier molecular flexibility index (Phi) is 3.64. The van der Waals surface area contributed by atoms with E-state index in [1.807, 2.05) is 0 Å². The van der Waals surface area contributed by atoms with Gasteiger partial charge in [0, 0.05) is 14.1 Å². The van der Waals surface area contributed by atoms with Crippen molar-refractivity contribution in [1.82, 2.24) is 0 Å². The van der Waals surface area contributed by atoms with Gasteiger partial charge in [0.05, 0.1) is 6.04 Å². The minimum atomic E-state index is 0.378. The first-order valence-electron chi connectivity index (χ1n) is 4.81. The zero-order valence-corrected chi connectivity index (χ0v) is 11.4. The summed E-state index contributed by atoms with van der Waals surface area (Å²) in [7, 11) is 0. The summed E-state index contributed by atoms with van der Waals surface area (Å²) < 4.78 is 1.26. The maximum atomic E-state index is 3.49. The summed E-state index contributed by atoms with van der Waals surface area (Å²) in [6.07, 6.45) is 0. The normalized spacial score (nSPS) is 12.4. The van der Waals surface area contributed by atoms with Crippen molar-refractivity contribution >= 4 is 39.6 Å². The third kappa shape index (κ3) is 2.95. The molecule has 1 heterocycles. The number of halogens is 1. The van der Waals surface area contributed by atoms with Crippen molar-refractivity contribution in [2.45, 2.75) is 13.0 Å². The van der Waals surface area contributed by atoms with Crippen molar-refractivity contribution in [1.29, 1.82) is 0 Å². The van der Waals surface area contributed by atoms with E-state index in [4.69, 9.17) is 0 Å². The number of thiophene rings is 1. The Bertz CT molecular complexity index is 425. The van der Waals surface area contributed by atoms with Gasteiger partial charge in [0.1, 0.15) is 0 Å². The van der Waals surface area contributed by atoms with Crippen molar-refractivity contribution in [2.75, 3.05) is 5.32 Å². The summed E-state index contributed by atoms with van der Waals surface area (Å²) in [5.41, 5.74) is 1.18. The molecule has 78 valence electrons. The molecule has 2 aromatic rings. The molecule has 0 aliphatic carbocycles. The predicted molar refractivity (Wildman–Crippen MR) is 75.5 cm³/mol. The van der Waals surface area contributed by atoms with E-state index in [0.29, 0.717) is 6.04 Å². The fourth-order valence-corrected chi connectivity index (χ4v) is 2.71. The number of benzene rings is 1. The van der Waals surface area contributed by atoms with E-state index < -0.39 is 0 Å². The molecule has 0 fully saturated rings. The largest absolute Gasteiger partial charge is 0.378 e. The van der Waals surface area contributed by atoms with Crippen LogP contribution in [0.2, 0.25) is 0 Å². The summed E-state index contributed by atoms with van der Waals surface area (Å²) in [6, 6.07) is 13.1. The van der Waals surface area contributed by atoms with Crippen LogP contribution in [0.25, 0.3) is 0 Å². The van der Waals surface area contributed by atoms with Crippen LogP contribution in [-0.4, -0.2) is 0 Å². The number of nitrogens with one attached hydrogen (secondary N) is 1. The highest BCUT2D eigenvalue weighted by Crippen LogP contribution is 2.23. The smallest absolute Gasteiger partial charge is 0.0578 e. The molecule has 0 bridgehead atoms. The number of rotatable bonds is 3. The molecule has 0 spiro atoms. The molecule has 1 nitrogen and oxygen atoms in total. The quantitative estimate of drug-likeness (QED) is 0.816. The second-order valence-corrected chi connectivity index (χ2v) is 5.62. The highest BCUT2D eigenvalue weighted by molar-refractivity contribution is 14.1. The lowest BCUT2D eigenvalue weighted by atomic mass is 10.2. The molecule has 0 aliphatic heterocycles. The molecule has 1 atom stereocenters. The first-order chi connectivity index (χ1) is 7.25. The zero-order valence-electron chi connectivity index (χ0n) is 8.41. The minimum Gasteiger partial charge on any atom is -0.378 e. The monoisotopic (exact) mass is 329 g/mol. The van der Waals surface area contributed by atoms with Gasteiger partial charge in [-0.2, -0.15) is 0 Å². The van der Waals surface area contributed by atoms with Crippen LogP contribution >= 0.6 is 33.9 Å². The van der Waals surface area contributed by atoms with Gasteiger partial charge >= 0.3 is 0 Å². The average Bonchev–Trinajstić information content (AvgIpc) is 2.70. The van der Waals surface area contributed by atoms with E-state index in [9.17, 15) is 0 Å². The Morgan fingerprint density at radius 3 is 2.80 bits per heavy atom. The maximum absolute atomic E-state index is 3.49. The molecular weight excluding hydrogens is 317 g/mol. The summed E-state index contributed by atoms with van der Waals surface area (Å²) in [5.74, 6) is 0. The van der Waals surface area contributed by atoms with Crippen molar-refractivity contribution in [3.8, 4) is 0 Å². The van der Waals surface area contributed by atoms with Gasteiger partial charge in [0.2, 0.25) is 0 Å². The molecule has 2 rings (SSSR count). The fraction of sp³-hybridized carbons (Fsp3) is 0.167. The zero-order chi connectivity index (χ0) is 10.7. The molecule has 1 aromatic heterocycles. The van der Waals surface area contributed by atoms with Crippen LogP contribution in [0.5, 0.6) is 0 Å². The average molecular weight is 329 g/mol. The van der Waals surface area contributed by atoms with Crippen molar-refractivity contribution in [2.24, 2.45) is 0 Å². The van der Waals surface area contributed by atoms with E-state index in [-0.39, 0.29) is 0 Å². The summed E-state index contributed by atoms with van der Waals surface area (Å²) in [6.45, 7) is 2.19. The Labute approximate surface area is 108 Å². The van der Waals surface area contributed by atoms with E-state index in [1.54, 1.807) is 11.3 Å². The van der Waals surface area contributed by atoms with E-state index >= 15 is 0 Å². The molecule has 15 heavy (non-hydrogen) atoms. The molecule has 0 radical (unpaired) electrons. The van der Waals surface area contributed by atoms with E-state index in [2.05, 4.69) is 76.6 Å². The lowest BCUT2D eigenvalue weighted by Crippen LogP contribution is -2.04. The van der Waals surface area contributed by atoms with Gasteiger partial charge in [-0.3, -0.25) is 0 Å². The lowest BCUT2D eigenvalue weighted by molar-refractivity contribution is 0.908. The summed E-state index contributed by atoms with van der Waals surface area (Å²) in [5, 5.41) is 5.60. The molecule has 1 N–H and O–H groups in total. The predicted octanol–water partition coefficient (Wildman–Crippen LogP) is 4.53. The van der Waals surface area contributed by atoms with Gasteiger partial charge in [-0.25, -0.2) is 0 Å². The topological polar surface area (TPSA) is 12.0 Å². The van der Waals surface area contributed by atoms with Crippen LogP contribution in [0.4, 0.5) is 5.69 Å². The molecule has 0 aliphatic rings. The maximum Gasteiger partial charge on any atom is 0.0578 e. The molecule has 0 unspecified atom stereocenters. The van der Waals surface area contributed by atoms with Crippen LogP contribution in [0.15, 0.2) is 41.8 Å². The third-order valence-electron chi connectivity index (χ3n) is 2.18. The Hall–Kier alpha value is -0.550. The van der Waals surface area contributed by atoms with E-state index in [1.165, 1.54) is 14.1 Å². The van der Waals surface area contributed by atoms with Crippen LogP contribution in [0.1, 0.15) is 17.8 Å². The number of hydrogen-bond donors (Lipinski definition) is 1. The number of hydrogen-bond acceptors (Lipinski definition) is 2. The fourth-order valence-electron chi connectivity index (χ4n) is 1.44. The summed E-state index contributed by atoms with van der Waals surface area (Å²) in [4.78, 5) is 1.37. The Morgan fingerprint density at radius 2 is 2.13 bits per heavy atom. The Morgan fingerprint density at radius 1 is 1.27 bits per heavy atom. The van der Waals surface area contributed by atoms with Crippen LogP contribution in [0, 0.1) is 3.57 Å². The van der Waals surface area contributed by atoms with Gasteiger partial charge in [-0.1, -0.05) is 12.1 Å². The standard InChI is InChI=1S/C12H12INS/c1-9(12-6-3-7-15-12)14-11-5-2-4-10(13)8-11/h2-9,14H,1H3/t9-/m0/s1. The van der Waals surface area contributed by atoms with Crippen LogP contribution < -0.4 is 5.32 Å². The van der Waals surface area contributed by atoms with Gasteiger partial charge < -0.3 is 5.32 Å². The third-order valence-corrected chi connectivity index (χ3v) is 3.90. The first-order valence-corrected chi connectivity index (χ1v) is 6.77. The van der Waals surface area contributed by atoms with Gasteiger partial charge in [-0.05, 0) is 59.2 Å². The molecular formula is C12H12INS. The molecule has 0 saturated heterocycles. The van der Waals surface area contributed by atoms with Crippen molar-refractivity contribution in [3.63, 3.8) is 0 Å². The molecule has 3 heteroatoms. The molecule has 1 aromatic carbocycles. The highest BCUT2D eigenvalue weighted by atomic mass is 127. The van der Waals surface area contributed by atoms with Crippen LogP contribution in [-0.2, 0) is 0 Å². The van der Waals surface area contributed by atoms with Gasteiger partial charge in [0.15, 0.2) is 0 Å². The highest BCUT2D eigenvalue weighted by Gasteiger charge is 2.05. The van der Waals surface area contributed by atoms with E-state index in [0.717, 1.165) is 0 Å². The van der Waals surface area contributed by atoms with Crippen molar-refractivity contribution < 1.29 is 0 Å². The second kappa shape index (κ2) is 4.99. The first kappa shape index (κ1) is 11.0. The molecule has 0 amide bonds. The molecule has 0 saturated carbocycles. The number of anilines is 1. The second-order valence-electron chi connectivity index (χ2n) is 3.39. The SMILES string of the molecule is C[C@H](Nc1cccc(I)c1)c1cccs1. The minimum absolute atomic E-state index is 0.378.